The van der Waals surface area contributed by atoms with E-state index in [4.69, 9.17) is 14.2 Å². The van der Waals surface area contributed by atoms with Crippen LogP contribution in [0.15, 0.2) is 54.7 Å². The first-order valence-corrected chi connectivity index (χ1v) is 11.2. The van der Waals surface area contributed by atoms with Gasteiger partial charge in [-0.25, -0.2) is 0 Å². The Morgan fingerprint density at radius 2 is 1.71 bits per heavy atom. The Labute approximate surface area is 196 Å². The highest BCUT2D eigenvalue weighted by molar-refractivity contribution is 6.45. The molecule has 9 heteroatoms. The number of hydrogen-bond acceptors (Lipinski definition) is 6. The number of carbonyl (C=O) groups excluding carboxylic acids is 3. The molecule has 0 bridgehead atoms. The topological polar surface area (TPSA) is 99.1 Å². The summed E-state index contributed by atoms with van der Waals surface area (Å²) in [6.45, 7) is 2.61. The van der Waals surface area contributed by atoms with Crippen LogP contribution in [-0.2, 0) is 20.9 Å². The molecule has 2 aliphatic heterocycles. The quantitative estimate of drug-likeness (QED) is 0.441. The average molecular weight is 463 g/mol. The molecule has 34 heavy (non-hydrogen) atoms. The molecular weight excluding hydrogens is 438 g/mol. The van der Waals surface area contributed by atoms with Crippen LogP contribution in [0.2, 0.25) is 0 Å². The number of para-hydroxylation sites is 3. The van der Waals surface area contributed by atoms with Crippen LogP contribution in [0.25, 0.3) is 10.9 Å². The predicted octanol–water partition coefficient (Wildman–Crippen LogP) is 1.64. The van der Waals surface area contributed by atoms with Crippen molar-refractivity contribution in [3.63, 3.8) is 0 Å². The van der Waals surface area contributed by atoms with Gasteiger partial charge in [0.1, 0.15) is 19.3 Å². The molecule has 1 saturated heterocycles. The summed E-state index contributed by atoms with van der Waals surface area (Å²) in [4.78, 5) is 40.2. The number of ketones is 1. The molecule has 0 saturated carbocycles. The lowest BCUT2D eigenvalue weighted by atomic mass is 10.1. The molecule has 3 aromatic rings. The molecule has 1 atom stereocenters. The van der Waals surface area contributed by atoms with E-state index in [1.807, 2.05) is 30.3 Å². The maximum Gasteiger partial charge on any atom is 0.292 e. The van der Waals surface area contributed by atoms with Gasteiger partial charge in [0.05, 0.1) is 25.3 Å². The Morgan fingerprint density at radius 3 is 2.53 bits per heavy atom. The molecule has 3 heterocycles. The van der Waals surface area contributed by atoms with E-state index in [1.54, 1.807) is 33.9 Å². The van der Waals surface area contributed by atoms with Crippen LogP contribution >= 0.6 is 0 Å². The largest absolute Gasteiger partial charge is 0.486 e. The summed E-state index contributed by atoms with van der Waals surface area (Å²) >= 11 is 0. The zero-order valence-corrected chi connectivity index (χ0v) is 18.6. The van der Waals surface area contributed by atoms with Gasteiger partial charge in [0.15, 0.2) is 11.5 Å². The zero-order valence-electron chi connectivity index (χ0n) is 18.6. The van der Waals surface area contributed by atoms with Crippen LogP contribution in [0.4, 0.5) is 0 Å². The number of morpholine rings is 1. The lowest BCUT2D eigenvalue weighted by Crippen LogP contribution is -2.43. The summed E-state index contributed by atoms with van der Waals surface area (Å²) in [7, 11) is 0. The maximum absolute atomic E-state index is 13.0. The third-order valence-electron chi connectivity index (χ3n) is 5.97. The van der Waals surface area contributed by atoms with Crippen molar-refractivity contribution in [1.29, 1.82) is 0 Å². The zero-order chi connectivity index (χ0) is 23.5. The Balaban J connectivity index is 1.27. The van der Waals surface area contributed by atoms with E-state index in [9.17, 15) is 14.4 Å². The molecule has 1 fully saturated rings. The Kier molecular flexibility index (Phi) is 6.18. The SMILES string of the molecule is O=C(NC[C@@H]1COc2ccccc2O1)C(=O)c1cn(CC(=O)N2CCOCC2)c2ccccc12. The van der Waals surface area contributed by atoms with Gasteiger partial charge in [0, 0.05) is 30.2 Å². The predicted molar refractivity (Wildman–Crippen MR) is 123 cm³/mol. The number of rotatable bonds is 6. The molecule has 2 aliphatic rings. The van der Waals surface area contributed by atoms with Gasteiger partial charge < -0.3 is 29.0 Å². The van der Waals surface area contributed by atoms with Crippen molar-refractivity contribution < 1.29 is 28.6 Å². The van der Waals surface area contributed by atoms with Crippen LogP contribution in [0.3, 0.4) is 0 Å². The summed E-state index contributed by atoms with van der Waals surface area (Å²) in [5, 5.41) is 3.28. The first-order chi connectivity index (χ1) is 16.6. The third kappa shape index (κ3) is 4.47. The van der Waals surface area contributed by atoms with Crippen molar-refractivity contribution >= 4 is 28.5 Å². The van der Waals surface area contributed by atoms with Gasteiger partial charge in [-0.1, -0.05) is 30.3 Å². The minimum absolute atomic E-state index is 0.0535. The van der Waals surface area contributed by atoms with Crippen molar-refractivity contribution in [2.75, 3.05) is 39.5 Å². The summed E-state index contributed by atoms with van der Waals surface area (Å²) in [5.41, 5.74) is 0.981. The van der Waals surface area contributed by atoms with Gasteiger partial charge in [0.2, 0.25) is 5.91 Å². The summed E-state index contributed by atoms with van der Waals surface area (Å²) in [6.07, 6.45) is 1.18. The molecule has 1 N–H and O–H groups in total. The van der Waals surface area contributed by atoms with Crippen LogP contribution in [0.5, 0.6) is 11.5 Å². The molecular formula is C25H25N3O6. The highest BCUT2D eigenvalue weighted by Crippen LogP contribution is 2.30. The fourth-order valence-electron chi connectivity index (χ4n) is 4.19. The summed E-state index contributed by atoms with van der Waals surface area (Å²) < 4.78 is 18.5. The second kappa shape index (κ2) is 9.56. The average Bonchev–Trinajstić information content (AvgIpc) is 3.25. The van der Waals surface area contributed by atoms with E-state index < -0.39 is 17.8 Å². The van der Waals surface area contributed by atoms with Crippen molar-refractivity contribution in [1.82, 2.24) is 14.8 Å². The van der Waals surface area contributed by atoms with Crippen LogP contribution < -0.4 is 14.8 Å². The molecule has 1 aromatic heterocycles. The molecule has 5 rings (SSSR count). The molecule has 176 valence electrons. The number of aromatic nitrogens is 1. The van der Waals surface area contributed by atoms with Gasteiger partial charge in [-0.05, 0) is 18.2 Å². The first-order valence-electron chi connectivity index (χ1n) is 11.2. The molecule has 2 amide bonds. The number of ether oxygens (including phenoxy) is 3. The Bertz CT molecular complexity index is 1230. The minimum Gasteiger partial charge on any atom is -0.486 e. The normalized spacial score (nSPS) is 17.4. The molecule has 0 aliphatic carbocycles. The lowest BCUT2D eigenvalue weighted by Gasteiger charge is -2.27. The maximum atomic E-state index is 13.0. The number of hydrogen-bond donors (Lipinski definition) is 1. The minimum atomic E-state index is -0.732. The summed E-state index contributed by atoms with van der Waals surface area (Å²) in [6, 6.07) is 14.6. The number of nitrogens with one attached hydrogen (secondary N) is 1. The van der Waals surface area contributed by atoms with E-state index in [0.717, 1.165) is 5.52 Å². The number of amides is 2. The van der Waals surface area contributed by atoms with E-state index in [1.165, 1.54) is 0 Å². The van der Waals surface area contributed by atoms with E-state index in [0.29, 0.717) is 43.2 Å². The number of Topliss-reactive ketones (excluding diaryl/α,β-unsaturated/α-hetero) is 1. The van der Waals surface area contributed by atoms with Gasteiger partial charge in [-0.2, -0.15) is 0 Å². The molecule has 0 spiro atoms. The summed E-state index contributed by atoms with van der Waals surface area (Å²) in [5.74, 6) is -0.189. The number of fused-ring (bicyclic) bond motifs is 2. The second-order valence-corrected chi connectivity index (χ2v) is 8.22. The van der Waals surface area contributed by atoms with Crippen molar-refractivity contribution in [2.24, 2.45) is 0 Å². The van der Waals surface area contributed by atoms with Gasteiger partial charge >= 0.3 is 0 Å². The highest BCUT2D eigenvalue weighted by atomic mass is 16.6. The Hall–Kier alpha value is -3.85. The number of nitrogens with zero attached hydrogens (tertiary/aromatic N) is 2. The first kappa shape index (κ1) is 22.0. The third-order valence-corrected chi connectivity index (χ3v) is 5.97. The monoisotopic (exact) mass is 463 g/mol. The lowest BCUT2D eigenvalue weighted by molar-refractivity contribution is -0.135. The highest BCUT2D eigenvalue weighted by Gasteiger charge is 2.26. The van der Waals surface area contributed by atoms with Crippen LogP contribution in [-0.4, -0.2) is 72.6 Å². The fraction of sp³-hybridized carbons (Fsp3) is 0.320. The van der Waals surface area contributed by atoms with E-state index in [-0.39, 0.29) is 31.2 Å². The number of carbonyl (C=O) groups is 3. The smallest absolute Gasteiger partial charge is 0.292 e. The Morgan fingerprint density at radius 1 is 0.971 bits per heavy atom. The van der Waals surface area contributed by atoms with Crippen molar-refractivity contribution in [3.05, 3.63) is 60.3 Å². The number of benzene rings is 2. The second-order valence-electron chi connectivity index (χ2n) is 8.22. The standard InChI is InChI=1S/C25H25N3O6/c29-23(27-9-11-32-12-10-27)15-28-14-19(18-5-1-2-6-20(18)28)24(30)25(31)26-13-17-16-33-21-7-3-4-8-22(21)34-17/h1-8,14,17H,9-13,15-16H2,(H,26,31)/t17-/m1/s1. The van der Waals surface area contributed by atoms with Crippen molar-refractivity contribution in [2.45, 2.75) is 12.6 Å². The van der Waals surface area contributed by atoms with Crippen LogP contribution in [0.1, 0.15) is 10.4 Å². The van der Waals surface area contributed by atoms with Gasteiger partial charge in [-0.3, -0.25) is 14.4 Å². The van der Waals surface area contributed by atoms with Crippen LogP contribution in [0, 0.1) is 0 Å². The van der Waals surface area contributed by atoms with Gasteiger partial charge in [0.25, 0.3) is 11.7 Å². The van der Waals surface area contributed by atoms with E-state index >= 15 is 0 Å². The molecule has 2 aromatic carbocycles. The van der Waals surface area contributed by atoms with E-state index in [2.05, 4.69) is 5.32 Å². The molecule has 0 unspecified atom stereocenters. The van der Waals surface area contributed by atoms with Crippen molar-refractivity contribution in [3.8, 4) is 11.5 Å². The molecule has 9 nitrogen and oxygen atoms in total. The molecule has 0 radical (unpaired) electrons. The fourth-order valence-corrected chi connectivity index (χ4v) is 4.19. The van der Waals surface area contributed by atoms with Gasteiger partial charge in [-0.15, -0.1) is 0 Å².